The summed E-state index contributed by atoms with van der Waals surface area (Å²) in [6.07, 6.45) is 10.3. The molecule has 0 saturated carbocycles. The van der Waals surface area contributed by atoms with Crippen molar-refractivity contribution in [3.8, 4) is 0 Å². The summed E-state index contributed by atoms with van der Waals surface area (Å²) in [6.45, 7) is 2.73. The summed E-state index contributed by atoms with van der Waals surface area (Å²) in [5, 5.41) is 20.3. The molecule has 1 unspecified atom stereocenters. The number of unbranched alkanes of at least 4 members (excludes halogenated alkanes) is 9. The fraction of sp³-hybridized carbons (Fsp3) is 0.875. The van der Waals surface area contributed by atoms with Crippen molar-refractivity contribution in [2.75, 3.05) is 6.54 Å². The molecule has 0 fully saturated rings. The van der Waals surface area contributed by atoms with Crippen molar-refractivity contribution in [3.05, 3.63) is 0 Å². The third kappa shape index (κ3) is 16.3. The van der Waals surface area contributed by atoms with Crippen LogP contribution in [-0.2, 0) is 9.59 Å². The van der Waals surface area contributed by atoms with Gasteiger partial charge < -0.3 is 15.5 Å². The predicted octanol–water partition coefficient (Wildman–Crippen LogP) is 2.21. The normalized spacial score (nSPS) is 11.5. The van der Waals surface area contributed by atoms with Gasteiger partial charge in [0.25, 0.3) is 0 Å². The summed E-state index contributed by atoms with van der Waals surface area (Å²) in [4.78, 5) is 21.6. The summed E-state index contributed by atoms with van der Waals surface area (Å²) in [7, 11) is 0. The van der Waals surface area contributed by atoms with E-state index in [0.717, 1.165) is 12.8 Å². The molecule has 126 valence electrons. The van der Waals surface area contributed by atoms with Crippen molar-refractivity contribution >= 4 is 41.4 Å². The first-order chi connectivity index (χ1) is 10.1. The average Bonchev–Trinajstić information content (AvgIpc) is 2.43. The van der Waals surface area contributed by atoms with Crippen molar-refractivity contribution < 1.29 is 19.8 Å². The van der Waals surface area contributed by atoms with Gasteiger partial charge >= 0.3 is 35.5 Å². The first kappa shape index (κ1) is 24.2. The van der Waals surface area contributed by atoms with E-state index in [9.17, 15) is 14.7 Å². The first-order valence-electron chi connectivity index (χ1n) is 8.25. The van der Waals surface area contributed by atoms with E-state index < -0.39 is 24.4 Å². The van der Waals surface area contributed by atoms with Gasteiger partial charge in [0, 0.05) is 6.54 Å². The second kappa shape index (κ2) is 17.3. The van der Waals surface area contributed by atoms with Gasteiger partial charge in [0.15, 0.2) is 0 Å². The Labute approximate surface area is 156 Å². The molecule has 6 heteroatoms. The Bertz CT molecular complexity index is 287. The maximum atomic E-state index is 11.3. The predicted molar refractivity (Wildman–Crippen MR) is 90.3 cm³/mol. The first-order valence-corrected chi connectivity index (χ1v) is 8.25. The number of carbonyl (C=O) groups excluding carboxylic acids is 1. The van der Waals surface area contributed by atoms with Crippen LogP contribution in [0.1, 0.15) is 77.6 Å². The molecule has 5 nitrogen and oxygen atoms in total. The van der Waals surface area contributed by atoms with Crippen LogP contribution in [0.5, 0.6) is 0 Å². The Morgan fingerprint density at radius 1 is 0.909 bits per heavy atom. The Kier molecular flexibility index (Phi) is 18.9. The molecule has 1 atom stereocenters. The Balaban J connectivity index is 0. The standard InChI is InChI=1S/C16H31NO4.Na.H/c1-2-3-4-5-6-7-8-9-10-11-12-17-16(21)14(18)13-15(19)20;;/h14,18H,2-13H2,1H3,(H,17,21)(H,19,20);;. The van der Waals surface area contributed by atoms with E-state index in [2.05, 4.69) is 12.2 Å². The number of aliphatic hydroxyl groups is 1. The van der Waals surface area contributed by atoms with E-state index in [0.29, 0.717) is 6.54 Å². The number of hydrogen-bond donors (Lipinski definition) is 3. The Hall–Kier alpha value is -0.100. The number of carboxylic acid groups (broad SMARTS) is 1. The zero-order chi connectivity index (χ0) is 15.9. The molecule has 0 heterocycles. The summed E-state index contributed by atoms with van der Waals surface area (Å²) in [6, 6.07) is 0. The zero-order valence-electron chi connectivity index (χ0n) is 13.3. The van der Waals surface area contributed by atoms with Crippen molar-refractivity contribution in [1.29, 1.82) is 0 Å². The van der Waals surface area contributed by atoms with Crippen molar-refractivity contribution in [2.24, 2.45) is 0 Å². The average molecular weight is 325 g/mol. The third-order valence-electron chi connectivity index (χ3n) is 3.50. The van der Waals surface area contributed by atoms with Crippen molar-refractivity contribution in [1.82, 2.24) is 5.32 Å². The van der Waals surface area contributed by atoms with Gasteiger partial charge in [0.05, 0.1) is 6.42 Å². The molecule has 0 saturated heterocycles. The number of rotatable bonds is 14. The number of nitrogens with one attached hydrogen (secondary N) is 1. The van der Waals surface area contributed by atoms with Crippen LogP contribution in [0.3, 0.4) is 0 Å². The van der Waals surface area contributed by atoms with Gasteiger partial charge in [-0.05, 0) is 6.42 Å². The minimum absolute atomic E-state index is 0. The maximum absolute atomic E-state index is 11.3. The number of carbonyl (C=O) groups is 2. The van der Waals surface area contributed by atoms with E-state index >= 15 is 0 Å². The summed E-state index contributed by atoms with van der Waals surface area (Å²) in [5.74, 6) is -1.76. The van der Waals surface area contributed by atoms with E-state index in [1.807, 2.05) is 0 Å². The van der Waals surface area contributed by atoms with Crippen molar-refractivity contribution in [3.63, 3.8) is 0 Å². The van der Waals surface area contributed by atoms with Crippen molar-refractivity contribution in [2.45, 2.75) is 83.7 Å². The van der Waals surface area contributed by atoms with Crippen LogP contribution < -0.4 is 5.32 Å². The van der Waals surface area contributed by atoms with Gasteiger partial charge in [0.1, 0.15) is 6.10 Å². The Morgan fingerprint density at radius 2 is 1.36 bits per heavy atom. The third-order valence-corrected chi connectivity index (χ3v) is 3.50. The van der Waals surface area contributed by atoms with E-state index in [4.69, 9.17) is 5.11 Å². The molecule has 0 aliphatic heterocycles. The fourth-order valence-corrected chi connectivity index (χ4v) is 2.20. The van der Waals surface area contributed by atoms with Crippen LogP contribution in [-0.4, -0.2) is 64.3 Å². The fourth-order valence-electron chi connectivity index (χ4n) is 2.20. The van der Waals surface area contributed by atoms with Gasteiger partial charge in [0.2, 0.25) is 5.91 Å². The molecule has 3 N–H and O–H groups in total. The van der Waals surface area contributed by atoms with Crippen LogP contribution in [0.15, 0.2) is 0 Å². The molecule has 1 amide bonds. The topological polar surface area (TPSA) is 86.6 Å². The van der Waals surface area contributed by atoms with Crippen LogP contribution in [0.2, 0.25) is 0 Å². The van der Waals surface area contributed by atoms with Crippen LogP contribution in [0, 0.1) is 0 Å². The van der Waals surface area contributed by atoms with Gasteiger partial charge in [-0.3, -0.25) is 9.59 Å². The van der Waals surface area contributed by atoms with Crippen LogP contribution in [0.4, 0.5) is 0 Å². The molecule has 0 rings (SSSR count). The molecule has 22 heavy (non-hydrogen) atoms. The van der Waals surface area contributed by atoms with Crippen LogP contribution >= 0.6 is 0 Å². The SMILES string of the molecule is CCCCCCCCCCCCNC(=O)C(O)CC(=O)O.[NaH]. The number of amides is 1. The molecular formula is C16H32NNaO4. The number of hydrogen-bond acceptors (Lipinski definition) is 3. The number of aliphatic hydroxyl groups excluding tert-OH is 1. The molecule has 0 aromatic heterocycles. The minimum atomic E-state index is -1.44. The molecule has 0 bridgehead atoms. The molecule has 0 radical (unpaired) electrons. The molecule has 0 aliphatic carbocycles. The van der Waals surface area contributed by atoms with E-state index in [1.165, 1.54) is 51.4 Å². The summed E-state index contributed by atoms with van der Waals surface area (Å²) in [5.41, 5.74) is 0. The second-order valence-corrected chi connectivity index (χ2v) is 5.59. The Morgan fingerprint density at radius 3 is 1.82 bits per heavy atom. The number of aliphatic carboxylic acids is 1. The molecular weight excluding hydrogens is 293 g/mol. The number of carboxylic acids is 1. The molecule has 0 aromatic carbocycles. The summed E-state index contributed by atoms with van der Waals surface area (Å²) < 4.78 is 0. The molecule has 0 aliphatic rings. The molecule has 0 spiro atoms. The van der Waals surface area contributed by atoms with Gasteiger partial charge in [-0.2, -0.15) is 0 Å². The summed E-state index contributed by atoms with van der Waals surface area (Å²) >= 11 is 0. The molecule has 0 aromatic rings. The van der Waals surface area contributed by atoms with Gasteiger partial charge in [-0.1, -0.05) is 64.7 Å². The van der Waals surface area contributed by atoms with E-state index in [-0.39, 0.29) is 29.6 Å². The van der Waals surface area contributed by atoms with E-state index in [1.54, 1.807) is 0 Å². The van der Waals surface area contributed by atoms with Crippen LogP contribution in [0.25, 0.3) is 0 Å². The monoisotopic (exact) mass is 325 g/mol. The van der Waals surface area contributed by atoms with Gasteiger partial charge in [-0.25, -0.2) is 0 Å². The quantitative estimate of drug-likeness (QED) is 0.337. The second-order valence-electron chi connectivity index (χ2n) is 5.59. The zero-order valence-corrected chi connectivity index (χ0v) is 13.3. The van der Waals surface area contributed by atoms with Gasteiger partial charge in [-0.15, -0.1) is 0 Å².